The lowest BCUT2D eigenvalue weighted by molar-refractivity contribution is 0.263. The molecule has 2 aromatic rings. The van der Waals surface area contributed by atoms with Crippen molar-refractivity contribution in [1.29, 1.82) is 0 Å². The second kappa shape index (κ2) is 6.10. The molecule has 2 aromatic carbocycles. The number of sulfonamides is 1. The highest BCUT2D eigenvalue weighted by molar-refractivity contribution is 7.88. The number of rotatable bonds is 4. The summed E-state index contributed by atoms with van der Waals surface area (Å²) < 4.78 is 33.3. The van der Waals surface area contributed by atoms with Crippen molar-refractivity contribution in [3.05, 3.63) is 65.2 Å². The Morgan fingerprint density at radius 1 is 1.14 bits per heavy atom. The number of benzene rings is 2. The lowest BCUT2D eigenvalue weighted by atomic mass is 10.0. The number of hydrogen-bond acceptors (Lipinski definition) is 3. The summed E-state index contributed by atoms with van der Waals surface area (Å²) in [5, 5.41) is 0. The van der Waals surface area contributed by atoms with Gasteiger partial charge in [0.2, 0.25) is 10.0 Å². The number of ether oxygens (including phenoxy) is 1. The zero-order valence-electron chi connectivity index (χ0n) is 12.5. The summed E-state index contributed by atoms with van der Waals surface area (Å²) in [4.78, 5) is 0. The van der Waals surface area contributed by atoms with E-state index in [4.69, 9.17) is 4.74 Å². The van der Waals surface area contributed by atoms with E-state index in [1.165, 1.54) is 0 Å². The minimum Gasteiger partial charge on any atom is -0.493 e. The fourth-order valence-corrected chi connectivity index (χ4v) is 4.19. The molecule has 0 bridgehead atoms. The number of fused-ring (bicyclic) bond motifs is 1. The Hall–Kier alpha value is -1.85. The Morgan fingerprint density at radius 3 is 2.68 bits per heavy atom. The van der Waals surface area contributed by atoms with Gasteiger partial charge in [-0.2, -0.15) is 0 Å². The van der Waals surface area contributed by atoms with Crippen LogP contribution in [0.2, 0.25) is 0 Å². The van der Waals surface area contributed by atoms with Crippen molar-refractivity contribution in [2.45, 2.75) is 25.1 Å². The smallest absolute Gasteiger partial charge is 0.216 e. The molecule has 0 spiro atoms. The van der Waals surface area contributed by atoms with Crippen molar-refractivity contribution in [3.8, 4) is 5.75 Å². The molecule has 0 radical (unpaired) electrons. The third-order valence-corrected chi connectivity index (χ3v) is 5.22. The molecule has 1 aliphatic rings. The molecule has 1 aliphatic heterocycles. The molecular formula is C17H19NO3S. The van der Waals surface area contributed by atoms with Gasteiger partial charge >= 0.3 is 0 Å². The van der Waals surface area contributed by atoms with Crippen LogP contribution in [0.1, 0.15) is 29.2 Å². The summed E-state index contributed by atoms with van der Waals surface area (Å²) in [5.41, 5.74) is 2.72. The average molecular weight is 317 g/mol. The highest BCUT2D eigenvalue weighted by Gasteiger charge is 2.25. The predicted molar refractivity (Wildman–Crippen MR) is 86.2 cm³/mol. The van der Waals surface area contributed by atoms with Gasteiger partial charge in [0.1, 0.15) is 5.75 Å². The van der Waals surface area contributed by atoms with Crippen LogP contribution in [0.3, 0.4) is 0 Å². The minimum atomic E-state index is -3.41. The number of para-hydroxylation sites is 1. The molecule has 0 saturated carbocycles. The maximum atomic E-state index is 12.5. The summed E-state index contributed by atoms with van der Waals surface area (Å²) in [7, 11) is -3.41. The lowest BCUT2D eigenvalue weighted by Gasteiger charge is -2.26. The van der Waals surface area contributed by atoms with Crippen LogP contribution in [0, 0.1) is 6.92 Å². The minimum absolute atomic E-state index is 0.000796. The second-order valence-electron chi connectivity index (χ2n) is 5.53. The summed E-state index contributed by atoms with van der Waals surface area (Å²) in [6, 6.07) is 14.9. The average Bonchev–Trinajstić information content (AvgIpc) is 2.49. The second-order valence-corrected chi connectivity index (χ2v) is 7.28. The summed E-state index contributed by atoms with van der Waals surface area (Å²) in [6.07, 6.45) is 0.643. The van der Waals surface area contributed by atoms with E-state index < -0.39 is 10.0 Å². The molecule has 0 amide bonds. The van der Waals surface area contributed by atoms with E-state index in [0.29, 0.717) is 13.0 Å². The first-order chi connectivity index (χ1) is 10.6. The van der Waals surface area contributed by atoms with Gasteiger partial charge in [0, 0.05) is 12.0 Å². The third-order valence-electron chi connectivity index (χ3n) is 3.89. The molecule has 116 valence electrons. The van der Waals surface area contributed by atoms with Gasteiger partial charge in [0.25, 0.3) is 0 Å². The fraction of sp³-hybridized carbons (Fsp3) is 0.294. The molecule has 4 nitrogen and oxygen atoms in total. The van der Waals surface area contributed by atoms with E-state index in [0.717, 1.165) is 22.4 Å². The van der Waals surface area contributed by atoms with E-state index in [1.807, 2.05) is 55.5 Å². The standard InChI is InChI=1S/C17H19NO3S/c1-13-6-2-3-7-14(13)12-22(19,20)18-16-10-11-21-17-9-5-4-8-15(16)17/h2-9,16,18H,10-12H2,1H3. The van der Waals surface area contributed by atoms with Gasteiger partial charge in [-0.25, -0.2) is 13.1 Å². The van der Waals surface area contributed by atoms with E-state index in [2.05, 4.69) is 4.72 Å². The van der Waals surface area contributed by atoms with Crippen LogP contribution >= 0.6 is 0 Å². The van der Waals surface area contributed by atoms with E-state index in [9.17, 15) is 8.42 Å². The van der Waals surface area contributed by atoms with Gasteiger partial charge in [0.15, 0.2) is 0 Å². The quantitative estimate of drug-likeness (QED) is 0.943. The van der Waals surface area contributed by atoms with Crippen molar-refractivity contribution in [2.75, 3.05) is 6.61 Å². The molecule has 1 N–H and O–H groups in total. The van der Waals surface area contributed by atoms with E-state index >= 15 is 0 Å². The monoisotopic (exact) mass is 317 g/mol. The summed E-state index contributed by atoms with van der Waals surface area (Å²) >= 11 is 0. The molecule has 5 heteroatoms. The van der Waals surface area contributed by atoms with Gasteiger partial charge in [-0.1, -0.05) is 42.5 Å². The lowest BCUT2D eigenvalue weighted by Crippen LogP contribution is -2.33. The van der Waals surface area contributed by atoms with Crippen LogP contribution < -0.4 is 9.46 Å². The van der Waals surface area contributed by atoms with E-state index in [-0.39, 0.29) is 11.8 Å². The maximum Gasteiger partial charge on any atom is 0.216 e. The fourth-order valence-electron chi connectivity index (χ4n) is 2.70. The molecular weight excluding hydrogens is 298 g/mol. The van der Waals surface area contributed by atoms with Gasteiger partial charge < -0.3 is 4.74 Å². The zero-order chi connectivity index (χ0) is 15.6. The maximum absolute atomic E-state index is 12.5. The largest absolute Gasteiger partial charge is 0.493 e. The normalized spacial score (nSPS) is 17.6. The topological polar surface area (TPSA) is 55.4 Å². The number of aryl methyl sites for hydroxylation is 1. The summed E-state index contributed by atoms with van der Waals surface area (Å²) in [5.74, 6) is 0.761. The predicted octanol–water partition coefficient (Wildman–Crippen LogP) is 2.94. The molecule has 22 heavy (non-hydrogen) atoms. The van der Waals surface area contributed by atoms with Crippen LogP contribution in [0.15, 0.2) is 48.5 Å². The molecule has 0 aromatic heterocycles. The molecule has 1 atom stereocenters. The Bertz CT molecular complexity index is 771. The van der Waals surface area contributed by atoms with Crippen molar-refractivity contribution in [1.82, 2.24) is 4.72 Å². The molecule has 0 saturated heterocycles. The first kappa shape index (κ1) is 15.1. The van der Waals surface area contributed by atoms with Crippen molar-refractivity contribution < 1.29 is 13.2 Å². The SMILES string of the molecule is Cc1ccccc1CS(=O)(=O)NC1CCOc2ccccc21. The highest BCUT2D eigenvalue weighted by atomic mass is 32.2. The van der Waals surface area contributed by atoms with Gasteiger partial charge in [0.05, 0.1) is 18.4 Å². The van der Waals surface area contributed by atoms with Crippen LogP contribution in [0.5, 0.6) is 5.75 Å². The number of nitrogens with one attached hydrogen (secondary N) is 1. The zero-order valence-corrected chi connectivity index (χ0v) is 13.3. The van der Waals surface area contributed by atoms with Gasteiger partial charge in [-0.05, 0) is 24.1 Å². The first-order valence-corrected chi connectivity index (χ1v) is 8.97. The van der Waals surface area contributed by atoms with Gasteiger partial charge in [-0.15, -0.1) is 0 Å². The molecule has 0 aliphatic carbocycles. The highest BCUT2D eigenvalue weighted by Crippen LogP contribution is 2.32. The van der Waals surface area contributed by atoms with Crippen LogP contribution in [-0.4, -0.2) is 15.0 Å². The Balaban J connectivity index is 1.80. The Labute approximate surface area is 131 Å². The molecule has 1 heterocycles. The van der Waals surface area contributed by atoms with Crippen LogP contribution in [-0.2, 0) is 15.8 Å². The number of hydrogen-bond donors (Lipinski definition) is 1. The first-order valence-electron chi connectivity index (χ1n) is 7.31. The Morgan fingerprint density at radius 2 is 1.86 bits per heavy atom. The van der Waals surface area contributed by atoms with Gasteiger partial charge in [-0.3, -0.25) is 0 Å². The van der Waals surface area contributed by atoms with Crippen molar-refractivity contribution >= 4 is 10.0 Å². The van der Waals surface area contributed by atoms with Crippen molar-refractivity contribution in [3.63, 3.8) is 0 Å². The summed E-state index contributed by atoms with van der Waals surface area (Å²) in [6.45, 7) is 2.45. The van der Waals surface area contributed by atoms with Crippen LogP contribution in [0.4, 0.5) is 0 Å². The molecule has 3 rings (SSSR count). The molecule has 1 unspecified atom stereocenters. The van der Waals surface area contributed by atoms with Crippen molar-refractivity contribution in [2.24, 2.45) is 0 Å². The van der Waals surface area contributed by atoms with E-state index in [1.54, 1.807) is 0 Å². The third kappa shape index (κ3) is 3.31. The van der Waals surface area contributed by atoms with Crippen LogP contribution in [0.25, 0.3) is 0 Å². The molecule has 0 fully saturated rings. The Kier molecular flexibility index (Phi) is 4.18.